The predicted octanol–water partition coefficient (Wildman–Crippen LogP) is 3.23. The molecule has 3 N–H and O–H groups in total. The topological polar surface area (TPSA) is 179 Å². The smallest absolute Gasteiger partial charge is 0.347 e. The van der Waals surface area contributed by atoms with Gasteiger partial charge < -0.3 is 24.5 Å². The lowest BCUT2D eigenvalue weighted by Crippen LogP contribution is -2.55. The molecule has 3 aromatic carbocycles. The van der Waals surface area contributed by atoms with Crippen molar-refractivity contribution in [1.82, 2.24) is 19.8 Å². The second-order valence-electron chi connectivity index (χ2n) is 12.0. The van der Waals surface area contributed by atoms with E-state index < -0.39 is 56.0 Å². The maximum absolute atomic E-state index is 14.0. The van der Waals surface area contributed by atoms with Crippen LogP contribution in [0.4, 0.5) is 0 Å². The number of ether oxygens (including phenoxy) is 2. The molecule has 0 aliphatic carbocycles. The summed E-state index contributed by atoms with van der Waals surface area (Å²) >= 11 is 0. The predicted molar refractivity (Wildman–Crippen MR) is 192 cm³/mol. The molecule has 2 heterocycles. The van der Waals surface area contributed by atoms with Gasteiger partial charge in [0, 0.05) is 24.9 Å². The molecular formula is C37H40N5O9P. The second kappa shape index (κ2) is 16.8. The molecule has 0 bridgehead atoms. The Kier molecular flexibility index (Phi) is 12.2. The summed E-state index contributed by atoms with van der Waals surface area (Å²) in [7, 11) is -1.81. The monoisotopic (exact) mass is 729 g/mol. The maximum atomic E-state index is 14.0. The van der Waals surface area contributed by atoms with E-state index >= 15 is 0 Å². The summed E-state index contributed by atoms with van der Waals surface area (Å²) in [6.07, 6.45) is 0.593. The molecule has 2 atom stereocenters. The van der Waals surface area contributed by atoms with Crippen molar-refractivity contribution in [2.75, 3.05) is 27.1 Å². The number of hydrogen-bond donors (Lipinski definition) is 3. The first-order valence-electron chi connectivity index (χ1n) is 16.2. The number of methoxy groups -OCH3 is 2. The summed E-state index contributed by atoms with van der Waals surface area (Å²) in [5.41, 5.74) is 0.261. The van der Waals surface area contributed by atoms with Crippen LogP contribution in [0.3, 0.4) is 0 Å². The fourth-order valence-corrected chi connectivity index (χ4v) is 6.94. The first-order chi connectivity index (χ1) is 25.0. The van der Waals surface area contributed by atoms with E-state index in [0.717, 1.165) is 26.2 Å². The molecule has 2 aromatic heterocycles. The number of pyridine rings is 1. The lowest BCUT2D eigenvalue weighted by Gasteiger charge is -2.41. The quantitative estimate of drug-likeness (QED) is 0.0449. The summed E-state index contributed by atoms with van der Waals surface area (Å²) < 4.78 is 31.6. The Balaban J connectivity index is 1.52. The van der Waals surface area contributed by atoms with Gasteiger partial charge in [-0.2, -0.15) is 4.73 Å². The molecule has 5 aromatic rings. The molecule has 5 rings (SSSR count). The van der Waals surface area contributed by atoms with Gasteiger partial charge in [-0.15, -0.1) is 0 Å². The number of carbonyl (C=O) groups excluding carboxylic acids is 1. The zero-order chi connectivity index (χ0) is 37.3. The van der Waals surface area contributed by atoms with Crippen molar-refractivity contribution in [1.29, 1.82) is 0 Å². The number of hydrogen-bond acceptors (Lipinski definition) is 9. The molecule has 2 unspecified atom stereocenters. The highest BCUT2D eigenvalue weighted by Crippen LogP contribution is 2.44. The third kappa shape index (κ3) is 8.91. The average molecular weight is 730 g/mol. The van der Waals surface area contributed by atoms with Gasteiger partial charge >= 0.3 is 13.3 Å². The van der Waals surface area contributed by atoms with Crippen molar-refractivity contribution in [3.63, 3.8) is 0 Å². The van der Waals surface area contributed by atoms with Crippen molar-refractivity contribution in [2.24, 2.45) is 0 Å². The van der Waals surface area contributed by atoms with E-state index in [2.05, 4.69) is 10.3 Å². The Hall–Kier alpha value is -5.37. The minimum absolute atomic E-state index is 0.00318. The number of benzene rings is 3. The lowest BCUT2D eigenvalue weighted by atomic mass is 9.77. The van der Waals surface area contributed by atoms with Gasteiger partial charge in [-0.3, -0.25) is 33.5 Å². The van der Waals surface area contributed by atoms with Crippen LogP contribution < -0.4 is 26.0 Å². The number of rotatable bonds is 16. The van der Waals surface area contributed by atoms with Crippen LogP contribution in [0.2, 0.25) is 0 Å². The van der Waals surface area contributed by atoms with Crippen LogP contribution >= 0.6 is 7.60 Å². The van der Waals surface area contributed by atoms with Crippen LogP contribution in [0, 0.1) is 12.1 Å². The zero-order valence-electron chi connectivity index (χ0n) is 28.9. The summed E-state index contributed by atoms with van der Waals surface area (Å²) in [6.45, 7) is 0.0366. The van der Waals surface area contributed by atoms with Crippen molar-refractivity contribution in [2.45, 2.75) is 31.8 Å². The molecule has 0 saturated carbocycles. The van der Waals surface area contributed by atoms with Gasteiger partial charge in [0.15, 0.2) is 6.20 Å². The minimum Gasteiger partial charge on any atom is -0.618 e. The van der Waals surface area contributed by atoms with Gasteiger partial charge in [-0.1, -0.05) is 91.0 Å². The Labute approximate surface area is 300 Å². The van der Waals surface area contributed by atoms with Crippen LogP contribution in [0.5, 0.6) is 5.75 Å². The van der Waals surface area contributed by atoms with E-state index in [1.807, 2.05) is 91.0 Å². The van der Waals surface area contributed by atoms with Gasteiger partial charge in [-0.25, -0.2) is 4.79 Å². The molecule has 0 aliphatic rings. The van der Waals surface area contributed by atoms with Gasteiger partial charge in [0.1, 0.15) is 31.4 Å². The maximum Gasteiger partial charge on any atom is 0.347 e. The SMILES string of the molecule is COc1cc[n+]([O-])c(COP(=O)(O)CN(CC(NC(c2ccccc2)(c2ccccc2)c2ccccc2)OC)C(=O)Cn2cc(C)c(=O)[nH]c2=O)c1. The van der Waals surface area contributed by atoms with E-state index in [9.17, 15) is 29.0 Å². The standard InChI is InChI=1S/C37H40N5O9P/c1-27-22-40(36(45)38-35(27)44)24-34(43)41(26-52(47,48)51-25-31-21-32(49-2)19-20-42(31)46)23-33(50-3)39-37(28-13-7-4-8-14-28,29-15-9-5-10-16-29)30-17-11-6-12-18-30/h4-22,33,39H,23-26H2,1-3H3,(H,47,48)(H,38,44,45). The average Bonchev–Trinajstić information content (AvgIpc) is 3.15. The first kappa shape index (κ1) is 37.9. The first-order valence-corrected chi connectivity index (χ1v) is 18.0. The summed E-state index contributed by atoms with van der Waals surface area (Å²) in [4.78, 5) is 53.0. The van der Waals surface area contributed by atoms with Gasteiger partial charge in [0.2, 0.25) is 11.6 Å². The molecule has 15 heteroatoms. The van der Waals surface area contributed by atoms with Crippen LogP contribution in [0.1, 0.15) is 27.9 Å². The number of aryl methyl sites for hydroxylation is 1. The van der Waals surface area contributed by atoms with Crippen molar-refractivity contribution < 1.29 is 33.0 Å². The summed E-state index contributed by atoms with van der Waals surface area (Å²) in [5.74, 6) is -0.412. The molecule has 52 heavy (non-hydrogen) atoms. The molecule has 0 radical (unpaired) electrons. The molecule has 0 aliphatic heterocycles. The highest BCUT2D eigenvalue weighted by atomic mass is 31.2. The molecule has 0 fully saturated rings. The molecule has 14 nitrogen and oxygen atoms in total. The Morgan fingerprint density at radius 1 is 0.981 bits per heavy atom. The van der Waals surface area contributed by atoms with E-state index in [-0.39, 0.29) is 17.8 Å². The minimum atomic E-state index is -4.65. The fraction of sp³-hybridized carbons (Fsp3) is 0.243. The van der Waals surface area contributed by atoms with Crippen LogP contribution in [0.25, 0.3) is 0 Å². The molecule has 0 saturated heterocycles. The lowest BCUT2D eigenvalue weighted by molar-refractivity contribution is -0.616. The number of carbonyl (C=O) groups is 1. The van der Waals surface area contributed by atoms with Gasteiger partial charge in [0.05, 0.1) is 25.3 Å². The number of H-pyrrole nitrogens is 1. The number of nitrogens with one attached hydrogen (secondary N) is 2. The van der Waals surface area contributed by atoms with Crippen molar-refractivity contribution >= 4 is 13.5 Å². The van der Waals surface area contributed by atoms with Gasteiger partial charge in [0.25, 0.3) is 5.56 Å². The van der Waals surface area contributed by atoms with E-state index in [1.54, 1.807) is 0 Å². The van der Waals surface area contributed by atoms with Crippen molar-refractivity contribution in [3.8, 4) is 5.75 Å². The molecule has 1 amide bonds. The van der Waals surface area contributed by atoms with Crippen LogP contribution in [-0.4, -0.2) is 58.5 Å². The zero-order valence-corrected chi connectivity index (χ0v) is 29.8. The fourth-order valence-electron chi connectivity index (χ4n) is 5.82. The van der Waals surface area contributed by atoms with E-state index in [0.29, 0.717) is 10.5 Å². The molecule has 0 spiro atoms. The Bertz CT molecular complexity index is 2030. The molecule has 272 valence electrons. The highest BCUT2D eigenvalue weighted by molar-refractivity contribution is 7.52. The van der Waals surface area contributed by atoms with Gasteiger partial charge in [-0.05, 0) is 23.6 Å². The van der Waals surface area contributed by atoms with E-state index in [1.165, 1.54) is 45.7 Å². The van der Waals surface area contributed by atoms with E-state index in [4.69, 9.17) is 14.0 Å². The van der Waals surface area contributed by atoms with Crippen LogP contribution in [0.15, 0.2) is 125 Å². The summed E-state index contributed by atoms with van der Waals surface area (Å²) in [5, 5.41) is 16.0. The molecular weight excluding hydrogens is 689 g/mol. The number of aromatic amines is 1. The Morgan fingerprint density at radius 3 is 2.06 bits per heavy atom. The van der Waals surface area contributed by atoms with Crippen molar-refractivity contribution in [3.05, 3.63) is 170 Å². The van der Waals surface area contributed by atoms with Crippen LogP contribution in [-0.2, 0) is 37.3 Å². The largest absolute Gasteiger partial charge is 0.618 e. The third-order valence-corrected chi connectivity index (χ3v) is 9.71. The number of aromatic nitrogens is 3. The third-order valence-electron chi connectivity index (χ3n) is 8.48. The normalized spacial score (nSPS) is 13.2. The number of amides is 1. The highest BCUT2D eigenvalue weighted by Gasteiger charge is 2.40. The summed E-state index contributed by atoms with van der Waals surface area (Å²) in [6, 6.07) is 31.7. The number of nitrogens with zero attached hydrogens (tertiary/aromatic N) is 3. The second-order valence-corrected chi connectivity index (χ2v) is 13.8. The Morgan fingerprint density at radius 2 is 1.54 bits per heavy atom.